The number of benzene rings is 1. The van der Waals surface area contributed by atoms with Gasteiger partial charge in [-0.1, -0.05) is 50.8 Å². The predicted octanol–water partition coefficient (Wildman–Crippen LogP) is 4.23. The fourth-order valence-electron chi connectivity index (χ4n) is 5.73. The molecule has 2 aliphatic heterocycles. The quantitative estimate of drug-likeness (QED) is 0.720. The molecule has 4 rings (SSSR count). The second-order valence-corrected chi connectivity index (χ2v) is 10.3. The molecule has 0 aromatic heterocycles. The maximum atomic E-state index is 13.5. The molecule has 0 N–H and O–H groups in total. The van der Waals surface area contributed by atoms with E-state index in [4.69, 9.17) is 0 Å². The summed E-state index contributed by atoms with van der Waals surface area (Å²) in [6.45, 7) is 11.6. The molecule has 0 bridgehead atoms. The first-order valence-electron chi connectivity index (χ1n) is 11.1. The summed E-state index contributed by atoms with van der Waals surface area (Å²) in [4.78, 5) is 29.3. The van der Waals surface area contributed by atoms with E-state index >= 15 is 0 Å². The maximum absolute atomic E-state index is 13.5. The molecule has 2 atom stereocenters. The Morgan fingerprint density at radius 2 is 1.69 bits per heavy atom. The summed E-state index contributed by atoms with van der Waals surface area (Å²) in [5.74, 6) is 0.791. The topological polar surface area (TPSA) is 40.6 Å². The Morgan fingerprint density at radius 1 is 1.03 bits per heavy atom. The average molecular weight is 395 g/mol. The monoisotopic (exact) mass is 394 g/mol. The Labute approximate surface area is 175 Å². The van der Waals surface area contributed by atoms with Gasteiger partial charge in [-0.05, 0) is 55.1 Å². The minimum absolute atomic E-state index is 0.0321. The van der Waals surface area contributed by atoms with Crippen molar-refractivity contribution in [3.63, 3.8) is 0 Å². The molecule has 2 saturated heterocycles. The lowest BCUT2D eigenvalue weighted by Crippen LogP contribution is -2.62. The predicted molar refractivity (Wildman–Crippen MR) is 115 cm³/mol. The van der Waals surface area contributed by atoms with E-state index in [0.717, 1.165) is 58.3 Å². The lowest BCUT2D eigenvalue weighted by molar-refractivity contribution is -0.149. The van der Waals surface area contributed by atoms with Crippen LogP contribution in [0.1, 0.15) is 57.4 Å². The molecule has 2 amide bonds. The number of rotatable bonds is 3. The van der Waals surface area contributed by atoms with Crippen LogP contribution >= 0.6 is 0 Å². The molecule has 3 fully saturated rings. The van der Waals surface area contributed by atoms with E-state index in [9.17, 15) is 9.59 Å². The van der Waals surface area contributed by atoms with Crippen LogP contribution in [-0.2, 0) is 9.59 Å². The van der Waals surface area contributed by atoms with Gasteiger partial charge in [0.15, 0.2) is 0 Å². The highest BCUT2D eigenvalue weighted by molar-refractivity contribution is 5.87. The Bertz CT molecular complexity index is 769. The van der Waals surface area contributed by atoms with Gasteiger partial charge in [0.1, 0.15) is 0 Å². The number of likely N-dealkylation sites (tertiary alicyclic amines) is 2. The summed E-state index contributed by atoms with van der Waals surface area (Å²) in [6, 6.07) is 10.6. The number of hydrogen-bond acceptors (Lipinski definition) is 2. The number of amides is 2. The Balaban J connectivity index is 1.41. The molecular formula is C25H34N2O2. The highest BCUT2D eigenvalue weighted by Crippen LogP contribution is 2.48. The number of carbonyl (C=O) groups is 2. The molecule has 1 aliphatic carbocycles. The number of nitrogens with zero attached hydrogens (tertiary/aromatic N) is 2. The zero-order chi connectivity index (χ0) is 20.6. The van der Waals surface area contributed by atoms with Gasteiger partial charge in [0.25, 0.3) is 0 Å². The Kier molecular flexibility index (Phi) is 5.30. The zero-order valence-electron chi connectivity index (χ0n) is 17.9. The third kappa shape index (κ3) is 3.99. The van der Waals surface area contributed by atoms with Crippen LogP contribution in [0.25, 0.3) is 0 Å². The molecule has 4 nitrogen and oxygen atoms in total. The van der Waals surface area contributed by atoms with Crippen LogP contribution in [0, 0.1) is 16.7 Å². The van der Waals surface area contributed by atoms with Crippen molar-refractivity contribution < 1.29 is 9.59 Å². The minimum atomic E-state index is 0.0321. The molecule has 156 valence electrons. The molecule has 1 aromatic rings. The summed E-state index contributed by atoms with van der Waals surface area (Å²) >= 11 is 0. The molecule has 2 heterocycles. The molecule has 0 radical (unpaired) electrons. The first-order chi connectivity index (χ1) is 13.8. The molecule has 1 spiro atoms. The second-order valence-electron chi connectivity index (χ2n) is 10.3. The van der Waals surface area contributed by atoms with Gasteiger partial charge in [0.2, 0.25) is 11.8 Å². The lowest BCUT2D eigenvalue weighted by Gasteiger charge is -2.54. The molecule has 1 aromatic carbocycles. The van der Waals surface area contributed by atoms with E-state index in [-0.39, 0.29) is 22.7 Å². The first-order valence-corrected chi connectivity index (χ1v) is 11.1. The van der Waals surface area contributed by atoms with Crippen molar-refractivity contribution >= 4 is 11.8 Å². The van der Waals surface area contributed by atoms with Gasteiger partial charge in [0, 0.05) is 37.5 Å². The van der Waals surface area contributed by atoms with Gasteiger partial charge in [-0.25, -0.2) is 0 Å². The maximum Gasteiger partial charge on any atom is 0.245 e. The van der Waals surface area contributed by atoms with Gasteiger partial charge in [-0.15, -0.1) is 0 Å². The highest BCUT2D eigenvalue weighted by Gasteiger charge is 2.48. The normalized spacial score (nSPS) is 27.9. The summed E-state index contributed by atoms with van der Waals surface area (Å²) in [6.07, 6.45) is 6.59. The van der Waals surface area contributed by atoms with E-state index in [1.165, 1.54) is 11.6 Å². The molecular weight excluding hydrogens is 360 g/mol. The van der Waals surface area contributed by atoms with E-state index in [2.05, 4.69) is 55.7 Å². The smallest absolute Gasteiger partial charge is 0.245 e. The SMILES string of the molecule is C=CC(=O)N1CC2(CCN(C(=O)[C@H]3CCC(C)(C)C[C@@H]3c3ccccc3)CC2)C1. The molecule has 3 aliphatic rings. The summed E-state index contributed by atoms with van der Waals surface area (Å²) in [5, 5.41) is 0. The number of carbonyl (C=O) groups excluding carboxylic acids is 2. The van der Waals surface area contributed by atoms with Crippen molar-refractivity contribution in [2.24, 2.45) is 16.7 Å². The van der Waals surface area contributed by atoms with E-state index < -0.39 is 0 Å². The Hall–Kier alpha value is -2.10. The van der Waals surface area contributed by atoms with Gasteiger partial charge in [0.05, 0.1) is 0 Å². The zero-order valence-corrected chi connectivity index (χ0v) is 17.9. The minimum Gasteiger partial charge on any atom is -0.342 e. The van der Waals surface area contributed by atoms with Crippen molar-refractivity contribution in [2.75, 3.05) is 26.2 Å². The van der Waals surface area contributed by atoms with Gasteiger partial charge in [-0.3, -0.25) is 9.59 Å². The average Bonchev–Trinajstić information content (AvgIpc) is 2.71. The highest BCUT2D eigenvalue weighted by atomic mass is 16.2. The van der Waals surface area contributed by atoms with Crippen LogP contribution in [0.4, 0.5) is 0 Å². The van der Waals surface area contributed by atoms with Crippen LogP contribution in [0.5, 0.6) is 0 Å². The van der Waals surface area contributed by atoms with E-state index in [1.54, 1.807) is 0 Å². The van der Waals surface area contributed by atoms with Gasteiger partial charge < -0.3 is 9.80 Å². The van der Waals surface area contributed by atoms with Crippen LogP contribution in [-0.4, -0.2) is 47.8 Å². The molecule has 29 heavy (non-hydrogen) atoms. The standard InChI is InChI=1S/C25H34N2O2/c1-4-22(28)27-17-25(18-27)12-14-26(15-13-25)23(29)20-10-11-24(2,3)16-21(20)19-8-6-5-7-9-19/h4-9,20-21H,1,10-18H2,2-3H3/t20-,21+/m0/s1. The van der Waals surface area contributed by atoms with Gasteiger partial charge in [-0.2, -0.15) is 0 Å². The van der Waals surface area contributed by atoms with Crippen LogP contribution in [0.2, 0.25) is 0 Å². The third-order valence-electron chi connectivity index (χ3n) is 7.61. The second kappa shape index (κ2) is 7.62. The molecule has 0 unspecified atom stereocenters. The van der Waals surface area contributed by atoms with Gasteiger partial charge >= 0.3 is 0 Å². The summed E-state index contributed by atoms with van der Waals surface area (Å²) in [5.41, 5.74) is 1.82. The number of hydrogen-bond donors (Lipinski definition) is 0. The van der Waals surface area contributed by atoms with Crippen LogP contribution in [0.3, 0.4) is 0 Å². The Morgan fingerprint density at radius 3 is 2.31 bits per heavy atom. The fraction of sp³-hybridized carbons (Fsp3) is 0.600. The fourth-order valence-corrected chi connectivity index (χ4v) is 5.73. The van der Waals surface area contributed by atoms with Crippen molar-refractivity contribution in [2.45, 2.75) is 51.9 Å². The molecule has 1 saturated carbocycles. The van der Waals surface area contributed by atoms with Crippen LogP contribution < -0.4 is 0 Å². The summed E-state index contributed by atoms with van der Waals surface area (Å²) in [7, 11) is 0. The van der Waals surface area contributed by atoms with Crippen LogP contribution in [0.15, 0.2) is 43.0 Å². The first kappa shape index (κ1) is 20.2. The van der Waals surface area contributed by atoms with E-state index in [0.29, 0.717) is 11.8 Å². The van der Waals surface area contributed by atoms with Crippen molar-refractivity contribution in [3.8, 4) is 0 Å². The summed E-state index contributed by atoms with van der Waals surface area (Å²) < 4.78 is 0. The van der Waals surface area contributed by atoms with E-state index in [1.807, 2.05) is 4.90 Å². The largest absolute Gasteiger partial charge is 0.342 e. The third-order valence-corrected chi connectivity index (χ3v) is 7.61. The van der Waals surface area contributed by atoms with Crippen molar-refractivity contribution in [1.82, 2.24) is 9.80 Å². The molecule has 4 heteroatoms. The number of piperidine rings is 1. The van der Waals surface area contributed by atoms with Crippen molar-refractivity contribution in [1.29, 1.82) is 0 Å². The van der Waals surface area contributed by atoms with Crippen molar-refractivity contribution in [3.05, 3.63) is 48.6 Å². The lowest BCUT2D eigenvalue weighted by atomic mass is 9.64.